The largest absolute Gasteiger partial charge is 0.465 e. The van der Waals surface area contributed by atoms with E-state index in [0.717, 1.165) is 0 Å². The molecule has 0 aliphatic carbocycles. The first kappa shape index (κ1) is 16.6. The summed E-state index contributed by atoms with van der Waals surface area (Å²) >= 11 is 17.8. The normalized spacial score (nSPS) is 10.2. The van der Waals surface area contributed by atoms with Crippen molar-refractivity contribution in [2.75, 3.05) is 12.4 Å². The Kier molecular flexibility index (Phi) is 5.29. The number of anilines is 1. The van der Waals surface area contributed by atoms with Gasteiger partial charge in [-0.05, 0) is 30.3 Å². The van der Waals surface area contributed by atoms with Crippen LogP contribution in [0.5, 0.6) is 0 Å². The van der Waals surface area contributed by atoms with E-state index in [1.54, 1.807) is 24.3 Å². The minimum atomic E-state index is -0.595. The van der Waals surface area contributed by atoms with Crippen molar-refractivity contribution in [1.29, 1.82) is 0 Å². The summed E-state index contributed by atoms with van der Waals surface area (Å²) < 4.78 is 4.62. The van der Waals surface area contributed by atoms with E-state index in [0.29, 0.717) is 5.69 Å². The molecular weight excluding hydrogens is 349 g/mol. The van der Waals surface area contributed by atoms with Crippen molar-refractivity contribution in [3.8, 4) is 0 Å². The van der Waals surface area contributed by atoms with Gasteiger partial charge < -0.3 is 10.1 Å². The maximum atomic E-state index is 12.2. The zero-order chi connectivity index (χ0) is 16.3. The number of benzene rings is 2. The number of nitrogens with one attached hydrogen (secondary N) is 1. The molecule has 4 nitrogen and oxygen atoms in total. The summed E-state index contributed by atoms with van der Waals surface area (Å²) in [6.07, 6.45) is 0. The summed E-state index contributed by atoms with van der Waals surface area (Å²) in [7, 11) is 1.25. The highest BCUT2D eigenvalue weighted by molar-refractivity contribution is 6.44. The Balaban J connectivity index is 2.29. The smallest absolute Gasteiger partial charge is 0.339 e. The standard InChI is InChI=1S/C15H10Cl3NO3/c1-22-15(21)10-7-8(5-6-11(10)16)19-14(20)9-3-2-4-12(17)13(9)18/h2-7H,1H3,(H,19,20). The fourth-order valence-electron chi connectivity index (χ4n) is 1.75. The number of halogens is 3. The van der Waals surface area contributed by atoms with Crippen LogP contribution in [-0.4, -0.2) is 19.0 Å². The maximum absolute atomic E-state index is 12.2. The van der Waals surface area contributed by atoms with Gasteiger partial charge in [-0.2, -0.15) is 0 Å². The number of rotatable bonds is 3. The lowest BCUT2D eigenvalue weighted by Crippen LogP contribution is -2.13. The number of esters is 1. The molecule has 0 saturated heterocycles. The Bertz CT molecular complexity index is 747. The molecule has 0 saturated carbocycles. The summed E-state index contributed by atoms with van der Waals surface area (Å²) in [5.74, 6) is -1.05. The SMILES string of the molecule is COC(=O)c1cc(NC(=O)c2cccc(Cl)c2Cl)ccc1Cl. The monoisotopic (exact) mass is 357 g/mol. The number of carbonyl (C=O) groups is 2. The van der Waals surface area contributed by atoms with E-state index >= 15 is 0 Å². The van der Waals surface area contributed by atoms with E-state index < -0.39 is 11.9 Å². The lowest BCUT2D eigenvalue weighted by atomic mass is 10.1. The van der Waals surface area contributed by atoms with Crippen LogP contribution in [0.25, 0.3) is 0 Å². The average molecular weight is 359 g/mol. The van der Waals surface area contributed by atoms with Crippen molar-refractivity contribution in [3.63, 3.8) is 0 Å². The Morgan fingerprint density at radius 2 is 1.73 bits per heavy atom. The predicted octanol–water partition coefficient (Wildman–Crippen LogP) is 4.69. The molecule has 0 atom stereocenters. The Morgan fingerprint density at radius 1 is 1.00 bits per heavy atom. The van der Waals surface area contributed by atoms with E-state index in [-0.39, 0.29) is 26.2 Å². The lowest BCUT2D eigenvalue weighted by molar-refractivity contribution is 0.0600. The lowest BCUT2D eigenvalue weighted by Gasteiger charge is -2.09. The van der Waals surface area contributed by atoms with E-state index in [2.05, 4.69) is 10.1 Å². The predicted molar refractivity (Wildman–Crippen MR) is 87.2 cm³/mol. The Morgan fingerprint density at radius 3 is 2.41 bits per heavy atom. The molecule has 0 heterocycles. The quantitative estimate of drug-likeness (QED) is 0.810. The van der Waals surface area contributed by atoms with Crippen molar-refractivity contribution in [3.05, 3.63) is 62.6 Å². The third-order valence-corrected chi connectivity index (χ3v) is 3.97. The molecule has 0 spiro atoms. The number of hydrogen-bond donors (Lipinski definition) is 1. The van der Waals surface area contributed by atoms with E-state index in [4.69, 9.17) is 34.8 Å². The van der Waals surface area contributed by atoms with Crippen molar-refractivity contribution >= 4 is 52.4 Å². The van der Waals surface area contributed by atoms with E-state index in [1.807, 2.05) is 0 Å². The molecule has 7 heteroatoms. The van der Waals surface area contributed by atoms with Crippen molar-refractivity contribution < 1.29 is 14.3 Å². The average Bonchev–Trinajstić information content (AvgIpc) is 2.51. The Labute approximate surface area is 141 Å². The Hall–Kier alpha value is -1.75. The summed E-state index contributed by atoms with van der Waals surface area (Å²) in [5.41, 5.74) is 0.758. The molecule has 22 heavy (non-hydrogen) atoms. The van der Waals surface area contributed by atoms with Crippen LogP contribution in [0.4, 0.5) is 5.69 Å². The number of ether oxygens (including phenoxy) is 1. The van der Waals surface area contributed by atoms with E-state index in [9.17, 15) is 9.59 Å². The molecule has 0 bridgehead atoms. The first-order valence-electron chi connectivity index (χ1n) is 6.07. The van der Waals surface area contributed by atoms with Gasteiger partial charge in [-0.3, -0.25) is 4.79 Å². The van der Waals surface area contributed by atoms with Crippen molar-refractivity contribution in [2.24, 2.45) is 0 Å². The fraction of sp³-hybridized carbons (Fsp3) is 0.0667. The van der Waals surface area contributed by atoms with Gasteiger partial charge in [0.15, 0.2) is 0 Å². The van der Waals surface area contributed by atoms with Crippen LogP contribution in [0.15, 0.2) is 36.4 Å². The second-order valence-electron chi connectivity index (χ2n) is 4.24. The summed E-state index contributed by atoms with van der Waals surface area (Å²) in [6, 6.07) is 9.21. The van der Waals surface area contributed by atoms with Gasteiger partial charge in [0.2, 0.25) is 0 Å². The van der Waals surface area contributed by atoms with Crippen molar-refractivity contribution in [1.82, 2.24) is 0 Å². The number of hydrogen-bond acceptors (Lipinski definition) is 3. The highest BCUT2D eigenvalue weighted by atomic mass is 35.5. The summed E-state index contributed by atoms with van der Waals surface area (Å²) in [5, 5.41) is 3.29. The zero-order valence-corrected chi connectivity index (χ0v) is 13.6. The molecular formula is C15H10Cl3NO3. The van der Waals surface area contributed by atoms with Crippen LogP contribution >= 0.6 is 34.8 Å². The summed E-state index contributed by atoms with van der Waals surface area (Å²) in [6.45, 7) is 0. The first-order chi connectivity index (χ1) is 10.4. The molecule has 2 aromatic rings. The van der Waals surface area contributed by atoms with Crippen LogP contribution in [0, 0.1) is 0 Å². The van der Waals surface area contributed by atoms with Gasteiger partial charge in [-0.1, -0.05) is 40.9 Å². The van der Waals surface area contributed by atoms with Crippen LogP contribution in [-0.2, 0) is 4.74 Å². The van der Waals surface area contributed by atoms with Crippen molar-refractivity contribution in [2.45, 2.75) is 0 Å². The molecule has 0 fully saturated rings. The van der Waals surface area contributed by atoms with Crippen LogP contribution < -0.4 is 5.32 Å². The third-order valence-electron chi connectivity index (χ3n) is 2.83. The van der Waals surface area contributed by atoms with Gasteiger partial charge in [0.25, 0.3) is 5.91 Å². The molecule has 2 rings (SSSR count). The molecule has 1 amide bonds. The van der Waals surface area contributed by atoms with Crippen LogP contribution in [0.1, 0.15) is 20.7 Å². The second-order valence-corrected chi connectivity index (χ2v) is 5.43. The number of methoxy groups -OCH3 is 1. The molecule has 0 aromatic heterocycles. The molecule has 0 unspecified atom stereocenters. The van der Waals surface area contributed by atoms with Gasteiger partial charge in [0.1, 0.15) is 0 Å². The summed E-state index contributed by atoms with van der Waals surface area (Å²) in [4.78, 5) is 23.8. The first-order valence-corrected chi connectivity index (χ1v) is 7.20. The zero-order valence-electron chi connectivity index (χ0n) is 11.3. The van der Waals surface area contributed by atoms with Gasteiger partial charge in [0, 0.05) is 5.69 Å². The number of carbonyl (C=O) groups excluding carboxylic acids is 2. The highest BCUT2D eigenvalue weighted by Crippen LogP contribution is 2.27. The van der Waals surface area contributed by atoms with Gasteiger partial charge >= 0.3 is 5.97 Å². The van der Waals surface area contributed by atoms with E-state index in [1.165, 1.54) is 19.2 Å². The minimum absolute atomic E-state index is 0.152. The third kappa shape index (κ3) is 3.53. The van der Waals surface area contributed by atoms with Gasteiger partial charge in [-0.15, -0.1) is 0 Å². The maximum Gasteiger partial charge on any atom is 0.339 e. The molecule has 0 radical (unpaired) electrons. The molecule has 1 N–H and O–H groups in total. The molecule has 0 aliphatic heterocycles. The minimum Gasteiger partial charge on any atom is -0.465 e. The van der Waals surface area contributed by atoms with Crippen LogP contribution in [0.2, 0.25) is 15.1 Å². The fourth-order valence-corrected chi connectivity index (χ4v) is 2.33. The molecule has 0 aliphatic rings. The van der Waals surface area contributed by atoms with Crippen LogP contribution in [0.3, 0.4) is 0 Å². The molecule has 114 valence electrons. The van der Waals surface area contributed by atoms with Gasteiger partial charge in [-0.25, -0.2) is 4.79 Å². The molecule has 2 aromatic carbocycles. The number of amides is 1. The highest BCUT2D eigenvalue weighted by Gasteiger charge is 2.15. The second kappa shape index (κ2) is 7.01. The van der Waals surface area contributed by atoms with Gasteiger partial charge in [0.05, 0.1) is 33.3 Å². The topological polar surface area (TPSA) is 55.4 Å².